The summed E-state index contributed by atoms with van der Waals surface area (Å²) in [4.78, 5) is 4.48. The van der Waals surface area contributed by atoms with Crippen LogP contribution >= 0.6 is 0 Å². The van der Waals surface area contributed by atoms with Gasteiger partial charge in [-0.15, -0.1) is 0 Å². The predicted molar refractivity (Wildman–Crippen MR) is 107 cm³/mol. The number of fused-ring (bicyclic) bond motifs is 1. The van der Waals surface area contributed by atoms with Crippen LogP contribution in [0.2, 0.25) is 0 Å². The molecule has 2 aromatic rings. The van der Waals surface area contributed by atoms with E-state index < -0.39 is 6.10 Å². The average molecular weight is 385 g/mol. The zero-order valence-electron chi connectivity index (χ0n) is 17.1. The zero-order chi connectivity index (χ0) is 20.5. The standard InChI is InChI=1S/C22H27NO5/c1-13(16-8-10-18(25-4)21(23-16)27-6)19(24)15-7-9-17-14(20(15)26-5)11-12-22(2,3)28-17/h7-13,19,24H,1-6H3. The van der Waals surface area contributed by atoms with Gasteiger partial charge in [-0.05, 0) is 50.3 Å². The van der Waals surface area contributed by atoms with E-state index in [1.807, 2.05) is 51.1 Å². The maximum atomic E-state index is 11.1. The highest BCUT2D eigenvalue weighted by Crippen LogP contribution is 2.44. The quantitative estimate of drug-likeness (QED) is 0.806. The van der Waals surface area contributed by atoms with Crippen molar-refractivity contribution in [3.8, 4) is 23.1 Å². The number of methoxy groups -OCH3 is 3. The molecule has 6 nitrogen and oxygen atoms in total. The largest absolute Gasteiger partial charge is 0.496 e. The van der Waals surface area contributed by atoms with Crippen LogP contribution in [-0.2, 0) is 0 Å². The first-order valence-corrected chi connectivity index (χ1v) is 9.17. The van der Waals surface area contributed by atoms with Gasteiger partial charge in [-0.25, -0.2) is 4.98 Å². The van der Waals surface area contributed by atoms with E-state index in [0.29, 0.717) is 28.6 Å². The fraction of sp³-hybridized carbons (Fsp3) is 0.409. The molecule has 0 saturated heterocycles. The number of aliphatic hydroxyl groups is 1. The van der Waals surface area contributed by atoms with Gasteiger partial charge in [0.1, 0.15) is 17.1 Å². The molecular formula is C22H27NO5. The van der Waals surface area contributed by atoms with E-state index in [1.54, 1.807) is 20.3 Å². The molecule has 1 aliphatic heterocycles. The number of ether oxygens (including phenoxy) is 4. The minimum Gasteiger partial charge on any atom is -0.496 e. The van der Waals surface area contributed by atoms with Gasteiger partial charge in [-0.2, -0.15) is 0 Å². The summed E-state index contributed by atoms with van der Waals surface area (Å²) in [6, 6.07) is 7.32. The summed E-state index contributed by atoms with van der Waals surface area (Å²) < 4.78 is 22.2. The minimum atomic E-state index is -0.825. The van der Waals surface area contributed by atoms with E-state index in [9.17, 15) is 5.11 Å². The van der Waals surface area contributed by atoms with E-state index in [0.717, 1.165) is 11.3 Å². The summed E-state index contributed by atoms with van der Waals surface area (Å²) in [6.07, 6.45) is 3.13. The Bertz CT molecular complexity index is 891. The Morgan fingerprint density at radius 1 is 1.04 bits per heavy atom. The summed E-state index contributed by atoms with van der Waals surface area (Å²) >= 11 is 0. The van der Waals surface area contributed by atoms with Crippen molar-refractivity contribution in [3.05, 3.63) is 47.2 Å². The maximum absolute atomic E-state index is 11.1. The first-order chi connectivity index (χ1) is 13.3. The fourth-order valence-electron chi connectivity index (χ4n) is 3.34. The number of pyridine rings is 1. The Kier molecular flexibility index (Phi) is 5.52. The number of rotatable bonds is 6. The Morgan fingerprint density at radius 2 is 1.79 bits per heavy atom. The molecule has 28 heavy (non-hydrogen) atoms. The van der Waals surface area contributed by atoms with Gasteiger partial charge in [0.05, 0.1) is 38.7 Å². The van der Waals surface area contributed by atoms with E-state index in [4.69, 9.17) is 18.9 Å². The van der Waals surface area contributed by atoms with Crippen molar-refractivity contribution in [1.82, 2.24) is 4.98 Å². The second kappa shape index (κ2) is 7.72. The minimum absolute atomic E-state index is 0.295. The molecule has 1 aliphatic rings. The Labute approximate surface area is 165 Å². The number of nitrogens with zero attached hydrogens (tertiary/aromatic N) is 1. The van der Waals surface area contributed by atoms with Crippen molar-refractivity contribution < 1.29 is 24.1 Å². The summed E-state index contributed by atoms with van der Waals surface area (Å²) in [5, 5.41) is 11.1. The van der Waals surface area contributed by atoms with Crippen LogP contribution in [-0.4, -0.2) is 37.0 Å². The molecule has 2 heterocycles. The van der Waals surface area contributed by atoms with Crippen molar-refractivity contribution in [2.24, 2.45) is 0 Å². The van der Waals surface area contributed by atoms with Gasteiger partial charge in [0.2, 0.25) is 0 Å². The number of hydrogen-bond donors (Lipinski definition) is 1. The van der Waals surface area contributed by atoms with Gasteiger partial charge in [0.15, 0.2) is 5.75 Å². The first-order valence-electron chi connectivity index (χ1n) is 9.17. The molecule has 2 atom stereocenters. The van der Waals surface area contributed by atoms with Crippen LogP contribution in [0.1, 0.15) is 49.6 Å². The SMILES string of the molecule is COc1ccc(C(C)C(O)c2ccc3c(c2OC)C=CC(C)(C)O3)nc1OC. The highest BCUT2D eigenvalue weighted by atomic mass is 16.5. The molecule has 0 fully saturated rings. The fourth-order valence-corrected chi connectivity index (χ4v) is 3.34. The molecule has 0 radical (unpaired) electrons. The zero-order valence-corrected chi connectivity index (χ0v) is 17.1. The summed E-state index contributed by atoms with van der Waals surface area (Å²) in [5.41, 5.74) is 1.82. The van der Waals surface area contributed by atoms with Crippen molar-refractivity contribution >= 4 is 6.08 Å². The smallest absolute Gasteiger partial charge is 0.256 e. The molecule has 0 saturated carbocycles. The van der Waals surface area contributed by atoms with Gasteiger partial charge < -0.3 is 24.1 Å². The average Bonchev–Trinajstić information content (AvgIpc) is 2.70. The van der Waals surface area contributed by atoms with Crippen LogP contribution in [0.4, 0.5) is 0 Å². The lowest BCUT2D eigenvalue weighted by Gasteiger charge is -2.30. The van der Waals surface area contributed by atoms with Gasteiger partial charge >= 0.3 is 0 Å². The van der Waals surface area contributed by atoms with Crippen LogP contribution in [0.3, 0.4) is 0 Å². The molecule has 0 spiro atoms. The normalized spacial score (nSPS) is 16.5. The maximum Gasteiger partial charge on any atom is 0.256 e. The molecule has 0 bridgehead atoms. The molecule has 6 heteroatoms. The molecular weight excluding hydrogens is 358 g/mol. The van der Waals surface area contributed by atoms with Crippen LogP contribution in [0.5, 0.6) is 23.1 Å². The molecule has 3 rings (SSSR count). The Hall–Kier alpha value is -2.73. The highest BCUT2D eigenvalue weighted by molar-refractivity contribution is 5.69. The number of hydrogen-bond acceptors (Lipinski definition) is 6. The van der Waals surface area contributed by atoms with Crippen molar-refractivity contribution in [1.29, 1.82) is 0 Å². The van der Waals surface area contributed by atoms with E-state index in [1.165, 1.54) is 7.11 Å². The van der Waals surface area contributed by atoms with Crippen LogP contribution in [0.25, 0.3) is 6.08 Å². The third kappa shape index (κ3) is 3.64. The summed E-state index contributed by atoms with van der Waals surface area (Å²) in [6.45, 7) is 5.90. The van der Waals surface area contributed by atoms with E-state index >= 15 is 0 Å². The molecule has 0 amide bonds. The molecule has 2 unspecified atom stereocenters. The van der Waals surface area contributed by atoms with Crippen molar-refractivity contribution in [2.75, 3.05) is 21.3 Å². The van der Waals surface area contributed by atoms with Crippen LogP contribution in [0, 0.1) is 0 Å². The predicted octanol–water partition coefficient (Wildman–Crippen LogP) is 4.13. The summed E-state index contributed by atoms with van der Waals surface area (Å²) in [5.74, 6) is 1.97. The first kappa shape index (κ1) is 20.0. The van der Waals surface area contributed by atoms with Crippen LogP contribution < -0.4 is 18.9 Å². The second-order valence-electron chi connectivity index (χ2n) is 7.32. The number of benzene rings is 1. The molecule has 150 valence electrons. The van der Waals surface area contributed by atoms with Crippen molar-refractivity contribution in [2.45, 2.75) is 38.4 Å². The summed E-state index contributed by atoms with van der Waals surface area (Å²) in [7, 11) is 4.70. The van der Waals surface area contributed by atoms with Gasteiger partial charge in [0, 0.05) is 11.5 Å². The van der Waals surface area contributed by atoms with Crippen LogP contribution in [0.15, 0.2) is 30.3 Å². The number of aliphatic hydroxyl groups excluding tert-OH is 1. The topological polar surface area (TPSA) is 70.0 Å². The second-order valence-corrected chi connectivity index (χ2v) is 7.32. The van der Waals surface area contributed by atoms with Gasteiger partial charge in [-0.1, -0.05) is 6.92 Å². The lowest BCUT2D eigenvalue weighted by atomic mass is 9.90. The van der Waals surface area contributed by atoms with Crippen molar-refractivity contribution in [3.63, 3.8) is 0 Å². The third-order valence-electron chi connectivity index (χ3n) is 4.93. The lowest BCUT2D eigenvalue weighted by molar-refractivity contribution is 0.143. The Balaban J connectivity index is 1.97. The van der Waals surface area contributed by atoms with E-state index in [2.05, 4.69) is 4.98 Å². The lowest BCUT2D eigenvalue weighted by Crippen LogP contribution is -2.27. The number of aromatic nitrogens is 1. The molecule has 0 aliphatic carbocycles. The van der Waals surface area contributed by atoms with Gasteiger partial charge in [0.25, 0.3) is 5.88 Å². The van der Waals surface area contributed by atoms with E-state index in [-0.39, 0.29) is 11.5 Å². The third-order valence-corrected chi connectivity index (χ3v) is 4.93. The monoisotopic (exact) mass is 385 g/mol. The molecule has 1 N–H and O–H groups in total. The molecule has 1 aromatic carbocycles. The Morgan fingerprint density at radius 3 is 2.43 bits per heavy atom. The molecule has 1 aromatic heterocycles. The van der Waals surface area contributed by atoms with Gasteiger partial charge in [-0.3, -0.25) is 0 Å². The highest BCUT2D eigenvalue weighted by Gasteiger charge is 2.29.